The van der Waals surface area contributed by atoms with Crippen LogP contribution >= 0.6 is 0 Å². The number of para-hydroxylation sites is 1. The Hall–Kier alpha value is -1.95. The molecule has 0 aromatic heterocycles. The number of rotatable bonds is 4. The first-order valence-corrected chi connectivity index (χ1v) is 11.1. The second-order valence-electron chi connectivity index (χ2n) is 3.89. The number of hydrogen-bond acceptors (Lipinski definition) is 5. The minimum atomic E-state index is -1.52. The largest absolute Gasteiger partial charge is 0.299 e. The van der Waals surface area contributed by atoms with Crippen molar-refractivity contribution >= 4 is 9.04 Å². The molecule has 2 aromatic rings. The summed E-state index contributed by atoms with van der Waals surface area (Å²) >= 11 is -1.52. The zero-order valence-electron chi connectivity index (χ0n) is 11.5. The summed E-state index contributed by atoms with van der Waals surface area (Å²) in [6.45, 7) is 1.46. The monoisotopic (exact) mass is 477 g/mol. The fraction of sp³-hybridized carbons (Fsp3) is 0.0714. The fourth-order valence-corrected chi connectivity index (χ4v) is 4.57. The molecule has 2 aromatic carbocycles. The van der Waals surface area contributed by atoms with Crippen LogP contribution in [0, 0.1) is 10.1 Å². The Bertz CT molecular complexity index is 562. The summed E-state index contributed by atoms with van der Waals surface area (Å²) in [5, 5.41) is 8.91. The van der Waals surface area contributed by atoms with Crippen LogP contribution < -0.4 is 7.91 Å². The first kappa shape index (κ1) is 17.1. The number of carbonyl (C=O) groups excluding carboxylic acids is 1. The van der Waals surface area contributed by atoms with Crippen LogP contribution in [0.5, 0.6) is 5.75 Å². The molecule has 0 heterocycles. The maximum Gasteiger partial charge on any atom is 0.299 e. The van der Waals surface area contributed by atoms with Gasteiger partial charge in [-0.15, -0.1) is 10.1 Å². The molecule has 0 fully saturated rings. The Kier molecular flexibility index (Phi) is 8.04. The predicted molar refractivity (Wildman–Crippen MR) is 71.9 cm³/mol. The van der Waals surface area contributed by atoms with E-state index in [1.54, 1.807) is 18.2 Å². The van der Waals surface area contributed by atoms with Crippen LogP contribution in [0.3, 0.4) is 0 Å². The molecule has 7 heteroatoms. The zero-order valence-corrected chi connectivity index (χ0v) is 17.0. The number of benzene rings is 2. The molecule has 0 N–H and O–H groups in total. The van der Waals surface area contributed by atoms with E-state index in [-0.39, 0.29) is 11.7 Å². The van der Waals surface area contributed by atoms with E-state index in [0.29, 0.717) is 0 Å². The van der Waals surface area contributed by atoms with Gasteiger partial charge in [0.05, 0.1) is 0 Å². The van der Waals surface area contributed by atoms with Crippen molar-refractivity contribution in [1.29, 1.82) is 0 Å². The van der Waals surface area contributed by atoms with Crippen LogP contribution in [0.1, 0.15) is 6.92 Å². The minimum absolute atomic E-state index is 0.143. The molecular formula is C14H13HgNO5. The molecular weight excluding hydrogens is 463 g/mol. The van der Waals surface area contributed by atoms with Gasteiger partial charge in [0.15, 0.2) is 0 Å². The second kappa shape index (κ2) is 9.87. The first-order valence-electron chi connectivity index (χ1n) is 6.12. The third-order valence-corrected chi connectivity index (χ3v) is 7.48. The van der Waals surface area contributed by atoms with E-state index in [1.807, 2.05) is 30.3 Å². The van der Waals surface area contributed by atoms with E-state index in [2.05, 4.69) is 4.84 Å². The third-order valence-electron chi connectivity index (χ3n) is 2.21. The van der Waals surface area contributed by atoms with Crippen molar-refractivity contribution in [2.24, 2.45) is 0 Å². The van der Waals surface area contributed by atoms with Crippen molar-refractivity contribution in [2.75, 3.05) is 0 Å². The molecule has 21 heavy (non-hydrogen) atoms. The average molecular weight is 476 g/mol. The number of hydrogen-bond donors (Lipinski definition) is 0. The Morgan fingerprint density at radius 1 is 1.05 bits per heavy atom. The quantitative estimate of drug-likeness (QED) is 0.384. The van der Waals surface area contributed by atoms with Crippen molar-refractivity contribution in [3.63, 3.8) is 0 Å². The molecule has 106 valence electrons. The Morgan fingerprint density at radius 2 is 1.57 bits per heavy atom. The molecule has 0 aliphatic rings. The molecule has 0 atom stereocenters. The van der Waals surface area contributed by atoms with Gasteiger partial charge in [-0.2, -0.15) is 0 Å². The van der Waals surface area contributed by atoms with E-state index in [4.69, 9.17) is 2.64 Å². The molecule has 6 nitrogen and oxygen atoms in total. The van der Waals surface area contributed by atoms with Crippen LogP contribution in [0.4, 0.5) is 0 Å². The van der Waals surface area contributed by atoms with Crippen molar-refractivity contribution in [1.82, 2.24) is 0 Å². The Labute approximate surface area is 134 Å². The maximum atomic E-state index is 10.5. The number of carbonyl (C=O) groups is 1. The molecule has 0 spiro atoms. The van der Waals surface area contributed by atoms with E-state index in [0.717, 1.165) is 0 Å². The van der Waals surface area contributed by atoms with Gasteiger partial charge in [0.1, 0.15) is 5.75 Å². The smallest absolute Gasteiger partial charge is 0.276 e. The van der Waals surface area contributed by atoms with Crippen LogP contribution in [0.2, 0.25) is 0 Å². The van der Waals surface area contributed by atoms with E-state index < -0.39 is 30.1 Å². The molecule has 0 aliphatic heterocycles. The normalized spacial score (nSPS) is 8.62. The number of nitrogens with zero attached hydrogens (tertiary/aromatic N) is 1. The molecule has 0 saturated heterocycles. The van der Waals surface area contributed by atoms with Gasteiger partial charge in [0, 0.05) is 0 Å². The Balaban J connectivity index is 0.000000211. The molecule has 2 rings (SSSR count). The summed E-state index contributed by atoms with van der Waals surface area (Å²) in [4.78, 5) is 24.3. The van der Waals surface area contributed by atoms with Gasteiger partial charge >= 0.3 is 78.8 Å². The van der Waals surface area contributed by atoms with Crippen molar-refractivity contribution in [2.45, 2.75) is 6.92 Å². The molecule has 0 saturated carbocycles. The fourth-order valence-electron chi connectivity index (χ4n) is 1.33. The van der Waals surface area contributed by atoms with Crippen molar-refractivity contribution in [3.05, 3.63) is 70.8 Å². The average Bonchev–Trinajstić information content (AvgIpc) is 2.47. The Morgan fingerprint density at radius 3 is 2.05 bits per heavy atom. The van der Waals surface area contributed by atoms with Crippen LogP contribution in [0.15, 0.2) is 60.7 Å². The van der Waals surface area contributed by atoms with Gasteiger partial charge in [-0.1, -0.05) is 18.2 Å². The summed E-state index contributed by atoms with van der Waals surface area (Å²) in [5.74, 6) is 0.100. The van der Waals surface area contributed by atoms with Crippen LogP contribution in [-0.4, -0.2) is 11.1 Å². The van der Waals surface area contributed by atoms with Gasteiger partial charge in [-0.25, -0.2) is 0 Å². The summed E-state index contributed by atoms with van der Waals surface area (Å²) < 4.78 is 6.25. The van der Waals surface area contributed by atoms with Crippen molar-refractivity contribution < 1.29 is 42.4 Å². The zero-order chi connectivity index (χ0) is 15.5. The van der Waals surface area contributed by atoms with Crippen molar-refractivity contribution in [3.8, 4) is 5.75 Å². The second-order valence-corrected chi connectivity index (χ2v) is 9.31. The standard InChI is InChI=1S/C6H5NO3.C6H5.C2H4O2.Hg/c8-7(9)10-6-4-2-1-3-5-6;1-2-4-6-5-3-1;1-2(3)4;/h1-5H;1-5H;1H3,(H,3,4);/q;;;+1/p-1. The van der Waals surface area contributed by atoms with Gasteiger partial charge in [-0.3, -0.25) is 4.84 Å². The predicted octanol–water partition coefficient (Wildman–Crippen LogP) is 2.13. The van der Waals surface area contributed by atoms with E-state index in [1.165, 1.54) is 22.1 Å². The molecule has 0 amide bonds. The summed E-state index contributed by atoms with van der Waals surface area (Å²) in [6.07, 6.45) is 0. The van der Waals surface area contributed by atoms with Gasteiger partial charge < -0.3 is 0 Å². The van der Waals surface area contributed by atoms with E-state index >= 15 is 0 Å². The summed E-state index contributed by atoms with van der Waals surface area (Å²) in [5.41, 5.74) is 0. The molecule has 0 aliphatic carbocycles. The third kappa shape index (κ3) is 8.75. The van der Waals surface area contributed by atoms with Gasteiger partial charge in [0.2, 0.25) is 0 Å². The molecule has 0 unspecified atom stereocenters. The van der Waals surface area contributed by atoms with Crippen LogP contribution in [-0.2, 0) is 32.5 Å². The minimum Gasteiger partial charge on any atom is -0.276 e. The SMILES string of the molecule is CC(=O)[O][Hg][c]1ccccc1.O=[N+]([O-])Oc1ccccc1. The summed E-state index contributed by atoms with van der Waals surface area (Å²) in [6, 6.07) is 18.1. The van der Waals surface area contributed by atoms with E-state index in [9.17, 15) is 14.9 Å². The topological polar surface area (TPSA) is 78.7 Å². The van der Waals surface area contributed by atoms with Crippen LogP contribution in [0.25, 0.3) is 0 Å². The summed E-state index contributed by atoms with van der Waals surface area (Å²) in [7, 11) is 0. The van der Waals surface area contributed by atoms with Gasteiger partial charge in [-0.05, 0) is 12.1 Å². The molecule has 0 radical (unpaired) electrons. The maximum absolute atomic E-state index is 10.5. The van der Waals surface area contributed by atoms with Gasteiger partial charge in [0.25, 0.3) is 5.09 Å². The molecule has 0 bridgehead atoms. The first-order chi connectivity index (χ1) is 10.1.